The molecule has 2 fully saturated rings. The summed E-state index contributed by atoms with van der Waals surface area (Å²) in [5.41, 5.74) is 2.88. The van der Waals surface area contributed by atoms with E-state index < -0.39 is 5.54 Å². The number of nitrogens with zero attached hydrogens (tertiary/aromatic N) is 3. The van der Waals surface area contributed by atoms with Crippen LogP contribution in [0.25, 0.3) is 0 Å². The van der Waals surface area contributed by atoms with Crippen molar-refractivity contribution in [2.45, 2.75) is 37.6 Å². The molecule has 1 spiro atoms. The van der Waals surface area contributed by atoms with Crippen molar-refractivity contribution in [3.8, 4) is 0 Å². The highest BCUT2D eigenvalue weighted by Crippen LogP contribution is 2.36. The topological polar surface area (TPSA) is 77.6 Å². The van der Waals surface area contributed by atoms with E-state index in [0.29, 0.717) is 45.7 Å². The number of hydrogen-bond donors (Lipinski definition) is 2. The molecule has 0 bridgehead atoms. The Bertz CT molecular complexity index is 1200. The molecule has 7 nitrogen and oxygen atoms in total. The van der Waals surface area contributed by atoms with Crippen molar-refractivity contribution < 1.29 is 9.59 Å². The summed E-state index contributed by atoms with van der Waals surface area (Å²) in [7, 11) is 0. The van der Waals surface area contributed by atoms with Crippen molar-refractivity contribution in [2.24, 2.45) is 0 Å². The van der Waals surface area contributed by atoms with Crippen LogP contribution in [-0.2, 0) is 16.0 Å². The van der Waals surface area contributed by atoms with E-state index in [0.717, 1.165) is 17.7 Å². The normalized spacial score (nSPS) is 17.1. The van der Waals surface area contributed by atoms with E-state index in [4.69, 9.17) is 0 Å². The molecule has 39 heavy (non-hydrogen) atoms. The maximum Gasteiger partial charge on any atom is 0.247 e. The van der Waals surface area contributed by atoms with Crippen LogP contribution in [-0.4, -0.2) is 60.1 Å². The van der Waals surface area contributed by atoms with Crippen LogP contribution in [0.1, 0.15) is 36.8 Å². The second-order valence-electron chi connectivity index (χ2n) is 10.1. The summed E-state index contributed by atoms with van der Waals surface area (Å²) in [4.78, 5) is 34.4. The SMILES string of the molecule is C=CC.O=C(CN1CCC2(CC1)C(=O)NCN2c1ccccc1)NCC(Cc1cccnc1)c1ccccc1. The molecule has 1 aromatic heterocycles. The van der Waals surface area contributed by atoms with E-state index in [2.05, 4.69) is 62.3 Å². The van der Waals surface area contributed by atoms with Crippen molar-refractivity contribution in [3.63, 3.8) is 0 Å². The number of allylic oxidation sites excluding steroid dienone is 1. The minimum Gasteiger partial charge on any atom is -0.354 e. The molecule has 0 saturated carbocycles. The van der Waals surface area contributed by atoms with E-state index >= 15 is 0 Å². The number of likely N-dealkylation sites (tertiary alicyclic amines) is 1. The molecule has 1 unspecified atom stereocenters. The quantitative estimate of drug-likeness (QED) is 0.432. The summed E-state index contributed by atoms with van der Waals surface area (Å²) in [5.74, 6) is 0.288. The maximum atomic E-state index is 12.9. The molecule has 2 aliphatic heterocycles. The lowest BCUT2D eigenvalue weighted by atomic mass is 9.85. The molecular formula is C32H39N5O2. The number of rotatable bonds is 8. The highest BCUT2D eigenvalue weighted by atomic mass is 16.2. The van der Waals surface area contributed by atoms with Crippen LogP contribution in [0.2, 0.25) is 0 Å². The lowest BCUT2D eigenvalue weighted by molar-refractivity contribution is -0.125. The summed E-state index contributed by atoms with van der Waals surface area (Å²) in [6.45, 7) is 8.11. The van der Waals surface area contributed by atoms with Crippen LogP contribution >= 0.6 is 0 Å². The largest absolute Gasteiger partial charge is 0.354 e. The third-order valence-electron chi connectivity index (χ3n) is 7.48. The molecular weight excluding hydrogens is 486 g/mol. The maximum absolute atomic E-state index is 12.9. The summed E-state index contributed by atoms with van der Waals surface area (Å²) >= 11 is 0. The number of pyridine rings is 1. The van der Waals surface area contributed by atoms with Crippen molar-refractivity contribution in [1.29, 1.82) is 0 Å². The molecule has 2 aromatic carbocycles. The van der Waals surface area contributed by atoms with Crippen LogP contribution in [0, 0.1) is 0 Å². The number of carbonyl (C=O) groups is 2. The van der Waals surface area contributed by atoms with E-state index in [-0.39, 0.29) is 17.7 Å². The second-order valence-corrected chi connectivity index (χ2v) is 10.1. The van der Waals surface area contributed by atoms with Gasteiger partial charge < -0.3 is 15.5 Å². The number of nitrogens with one attached hydrogen (secondary N) is 2. The Balaban J connectivity index is 0.00000112. The van der Waals surface area contributed by atoms with E-state index in [1.807, 2.05) is 55.6 Å². The Morgan fingerprint density at radius 1 is 1.08 bits per heavy atom. The van der Waals surface area contributed by atoms with Crippen LogP contribution in [0.4, 0.5) is 5.69 Å². The number of piperidine rings is 1. The van der Waals surface area contributed by atoms with Gasteiger partial charge in [0.05, 0.1) is 13.2 Å². The van der Waals surface area contributed by atoms with Gasteiger partial charge in [-0.3, -0.25) is 19.5 Å². The predicted octanol–water partition coefficient (Wildman–Crippen LogP) is 4.14. The number of hydrogen-bond acceptors (Lipinski definition) is 5. The molecule has 3 heterocycles. The highest BCUT2D eigenvalue weighted by molar-refractivity contribution is 5.93. The predicted molar refractivity (Wildman–Crippen MR) is 156 cm³/mol. The van der Waals surface area contributed by atoms with Gasteiger partial charge in [0.25, 0.3) is 0 Å². The van der Waals surface area contributed by atoms with E-state index in [1.165, 1.54) is 5.56 Å². The first-order chi connectivity index (χ1) is 19.1. The van der Waals surface area contributed by atoms with Gasteiger partial charge in [0.2, 0.25) is 11.8 Å². The van der Waals surface area contributed by atoms with E-state index in [1.54, 1.807) is 12.3 Å². The Labute approximate surface area is 231 Å². The molecule has 0 aliphatic carbocycles. The van der Waals surface area contributed by atoms with Gasteiger partial charge in [0, 0.05) is 43.6 Å². The lowest BCUT2D eigenvalue weighted by Gasteiger charge is -2.43. The zero-order valence-electron chi connectivity index (χ0n) is 22.8. The summed E-state index contributed by atoms with van der Waals surface area (Å²) < 4.78 is 0. The molecule has 2 amide bonds. The molecule has 204 valence electrons. The minimum atomic E-state index is -0.531. The molecule has 1 atom stereocenters. The molecule has 7 heteroatoms. The number of amides is 2. The number of para-hydroxylation sites is 1. The molecule has 3 aromatic rings. The fourth-order valence-electron chi connectivity index (χ4n) is 5.45. The van der Waals surface area contributed by atoms with Crippen molar-refractivity contribution >= 4 is 17.5 Å². The van der Waals surface area contributed by atoms with Gasteiger partial charge in [-0.1, -0.05) is 60.7 Å². The molecule has 2 saturated heterocycles. The Kier molecular flexibility index (Phi) is 9.86. The first kappa shape index (κ1) is 28.0. The number of benzene rings is 2. The fraction of sp³-hybridized carbons (Fsp3) is 0.344. The van der Waals surface area contributed by atoms with Gasteiger partial charge in [-0.25, -0.2) is 0 Å². The van der Waals surface area contributed by atoms with Gasteiger partial charge in [0.15, 0.2) is 0 Å². The zero-order chi connectivity index (χ0) is 27.5. The monoisotopic (exact) mass is 525 g/mol. The number of anilines is 1. The standard InChI is InChI=1S/C29H33N5O2.C3H6/c35-27(31-20-25(24-9-3-1-4-10-24)18-23-8-7-15-30-19-23)21-33-16-13-29(14-17-33)28(36)32-22-34(29)26-11-5-2-6-12-26;1-3-2/h1-12,15,19,25H,13-14,16-18,20-22H2,(H,31,35)(H,32,36);3H,1H2,2H3. The Hall–Kier alpha value is -3.97. The summed E-state index contributed by atoms with van der Waals surface area (Å²) in [6, 6.07) is 24.4. The van der Waals surface area contributed by atoms with Gasteiger partial charge in [0.1, 0.15) is 5.54 Å². The van der Waals surface area contributed by atoms with Crippen LogP contribution < -0.4 is 15.5 Å². The lowest BCUT2D eigenvalue weighted by Crippen LogP contribution is -2.57. The molecule has 5 rings (SSSR count). The van der Waals surface area contributed by atoms with Gasteiger partial charge >= 0.3 is 0 Å². The van der Waals surface area contributed by atoms with Crippen LogP contribution in [0.3, 0.4) is 0 Å². The number of aromatic nitrogens is 1. The zero-order valence-corrected chi connectivity index (χ0v) is 22.8. The van der Waals surface area contributed by atoms with Crippen molar-refractivity contribution in [2.75, 3.05) is 37.7 Å². The van der Waals surface area contributed by atoms with Crippen molar-refractivity contribution in [1.82, 2.24) is 20.5 Å². The van der Waals surface area contributed by atoms with Gasteiger partial charge in [-0.15, -0.1) is 6.58 Å². The molecule has 0 radical (unpaired) electrons. The first-order valence-corrected chi connectivity index (χ1v) is 13.7. The second kappa shape index (κ2) is 13.7. The third-order valence-corrected chi connectivity index (χ3v) is 7.48. The van der Waals surface area contributed by atoms with Crippen LogP contribution in [0.5, 0.6) is 0 Å². The van der Waals surface area contributed by atoms with Gasteiger partial charge in [-0.05, 0) is 55.5 Å². The fourth-order valence-corrected chi connectivity index (χ4v) is 5.45. The minimum absolute atomic E-state index is 0.0221. The third kappa shape index (κ3) is 7.12. The Morgan fingerprint density at radius 3 is 2.38 bits per heavy atom. The summed E-state index contributed by atoms with van der Waals surface area (Å²) in [5, 5.41) is 6.20. The Morgan fingerprint density at radius 2 is 1.74 bits per heavy atom. The average Bonchev–Trinajstić information content (AvgIpc) is 3.29. The average molecular weight is 526 g/mol. The highest BCUT2D eigenvalue weighted by Gasteiger charge is 2.50. The summed E-state index contributed by atoms with van der Waals surface area (Å²) in [6.07, 6.45) is 7.64. The van der Waals surface area contributed by atoms with E-state index in [9.17, 15) is 9.59 Å². The molecule has 2 aliphatic rings. The van der Waals surface area contributed by atoms with Gasteiger partial charge in [-0.2, -0.15) is 0 Å². The number of carbonyl (C=O) groups excluding carboxylic acids is 2. The van der Waals surface area contributed by atoms with Crippen molar-refractivity contribution in [3.05, 3.63) is 109 Å². The molecule has 2 N–H and O–H groups in total. The van der Waals surface area contributed by atoms with Crippen LogP contribution in [0.15, 0.2) is 97.8 Å². The first-order valence-electron chi connectivity index (χ1n) is 13.7. The smallest absolute Gasteiger partial charge is 0.247 e.